The number of anilines is 1. The fourth-order valence-electron chi connectivity index (χ4n) is 2.21. The van der Waals surface area contributed by atoms with Gasteiger partial charge in [0.1, 0.15) is 29.2 Å². The lowest BCUT2D eigenvalue weighted by atomic mass is 10.1. The smallest absolute Gasteiger partial charge is 0.266 e. The van der Waals surface area contributed by atoms with Crippen LogP contribution in [-0.4, -0.2) is 19.6 Å². The van der Waals surface area contributed by atoms with Crippen LogP contribution in [0.1, 0.15) is 11.1 Å². The van der Waals surface area contributed by atoms with Gasteiger partial charge in [-0.2, -0.15) is 10.5 Å². The summed E-state index contributed by atoms with van der Waals surface area (Å²) in [5.41, 5.74) is 1.76. The van der Waals surface area contributed by atoms with E-state index in [4.69, 9.17) is 26.3 Å². The van der Waals surface area contributed by atoms with Crippen molar-refractivity contribution in [3.63, 3.8) is 0 Å². The molecule has 1 amide bonds. The topological polar surface area (TPSA) is 95.1 Å². The van der Waals surface area contributed by atoms with Crippen molar-refractivity contribution in [2.45, 2.75) is 6.92 Å². The number of hydrogen-bond donors (Lipinski definition) is 1. The third-order valence-corrected chi connectivity index (χ3v) is 4.00. The van der Waals surface area contributed by atoms with Crippen molar-refractivity contribution < 1.29 is 14.3 Å². The van der Waals surface area contributed by atoms with Crippen LogP contribution in [0.4, 0.5) is 5.69 Å². The first-order valence-corrected chi connectivity index (χ1v) is 8.23. The quantitative estimate of drug-likeness (QED) is 0.600. The number of ether oxygens (including phenoxy) is 2. The number of carbonyl (C=O) groups excluding carboxylic acids is 1. The lowest BCUT2D eigenvalue weighted by molar-refractivity contribution is -0.112. The second-order valence-electron chi connectivity index (χ2n) is 5.44. The van der Waals surface area contributed by atoms with Crippen LogP contribution in [-0.2, 0) is 4.79 Å². The molecule has 0 radical (unpaired) electrons. The van der Waals surface area contributed by atoms with E-state index in [-0.39, 0.29) is 12.2 Å². The number of rotatable bonds is 6. The third kappa shape index (κ3) is 5.24. The summed E-state index contributed by atoms with van der Waals surface area (Å²) >= 11 is 6.06. The van der Waals surface area contributed by atoms with Gasteiger partial charge in [-0.1, -0.05) is 23.7 Å². The van der Waals surface area contributed by atoms with Gasteiger partial charge in [-0.05, 0) is 42.3 Å². The Morgan fingerprint density at radius 1 is 1.26 bits per heavy atom. The number of amides is 1. The predicted octanol–water partition coefficient (Wildman–Crippen LogP) is 4.11. The molecule has 0 saturated heterocycles. The van der Waals surface area contributed by atoms with Crippen LogP contribution in [0.25, 0.3) is 6.08 Å². The number of carbonyl (C=O) groups is 1. The molecule has 2 rings (SSSR count). The molecule has 0 fully saturated rings. The highest BCUT2D eigenvalue weighted by Gasteiger charge is 2.14. The van der Waals surface area contributed by atoms with Gasteiger partial charge in [0.2, 0.25) is 0 Å². The fourth-order valence-corrected chi connectivity index (χ4v) is 2.36. The van der Waals surface area contributed by atoms with E-state index in [1.165, 1.54) is 13.2 Å². The first kappa shape index (κ1) is 19.8. The Kier molecular flexibility index (Phi) is 6.82. The fraction of sp³-hybridized carbons (Fsp3) is 0.150. The molecule has 0 bridgehead atoms. The molecule has 6 nitrogen and oxygen atoms in total. The summed E-state index contributed by atoms with van der Waals surface area (Å²) in [6, 6.07) is 13.7. The average Bonchev–Trinajstić information content (AvgIpc) is 2.67. The summed E-state index contributed by atoms with van der Waals surface area (Å²) in [7, 11) is 1.47. The Hall–Kier alpha value is -3.48. The zero-order chi connectivity index (χ0) is 19.8. The van der Waals surface area contributed by atoms with Crippen LogP contribution < -0.4 is 14.8 Å². The molecule has 2 aromatic carbocycles. The van der Waals surface area contributed by atoms with Gasteiger partial charge in [0, 0.05) is 11.1 Å². The summed E-state index contributed by atoms with van der Waals surface area (Å²) in [4.78, 5) is 12.5. The van der Waals surface area contributed by atoms with Gasteiger partial charge >= 0.3 is 0 Å². The Balaban J connectivity index is 2.21. The Bertz CT molecular complexity index is 954. The first-order chi connectivity index (χ1) is 13.0. The maximum absolute atomic E-state index is 12.5. The van der Waals surface area contributed by atoms with Crippen molar-refractivity contribution in [2.24, 2.45) is 0 Å². The summed E-state index contributed by atoms with van der Waals surface area (Å²) in [6.07, 6.45) is 1.46. The number of aryl methyl sites for hydroxylation is 1. The normalized spacial score (nSPS) is 10.5. The standard InChI is InChI=1S/C20H16ClN3O3/c1-13-9-18(19(26-2)11-17(13)21)24-20(25)15(12-23)10-14-3-5-16(6-4-14)27-8-7-22/h3-6,9-11H,8H2,1-2H3,(H,24,25)/b15-10+. The van der Waals surface area contributed by atoms with Crippen LogP contribution in [0, 0.1) is 29.6 Å². The van der Waals surface area contributed by atoms with E-state index in [0.29, 0.717) is 27.8 Å². The molecule has 0 aliphatic rings. The lowest BCUT2D eigenvalue weighted by Gasteiger charge is -2.12. The van der Waals surface area contributed by atoms with E-state index < -0.39 is 5.91 Å². The molecule has 0 spiro atoms. The van der Waals surface area contributed by atoms with E-state index in [1.54, 1.807) is 43.3 Å². The number of benzene rings is 2. The monoisotopic (exact) mass is 381 g/mol. The highest BCUT2D eigenvalue weighted by Crippen LogP contribution is 2.31. The molecule has 2 aromatic rings. The minimum atomic E-state index is -0.567. The second-order valence-corrected chi connectivity index (χ2v) is 5.85. The van der Waals surface area contributed by atoms with E-state index in [2.05, 4.69) is 5.32 Å². The van der Waals surface area contributed by atoms with Gasteiger partial charge in [0.15, 0.2) is 6.61 Å². The summed E-state index contributed by atoms with van der Waals surface area (Å²) in [5.74, 6) is 0.357. The molecule has 0 saturated carbocycles. The average molecular weight is 382 g/mol. The number of halogens is 1. The summed E-state index contributed by atoms with van der Waals surface area (Å²) in [6.45, 7) is 1.75. The molecule has 136 valence electrons. The van der Waals surface area contributed by atoms with Gasteiger partial charge in [-0.15, -0.1) is 0 Å². The van der Waals surface area contributed by atoms with Gasteiger partial charge in [-0.3, -0.25) is 4.79 Å². The molecule has 0 aliphatic heterocycles. The molecule has 0 aromatic heterocycles. The van der Waals surface area contributed by atoms with Crippen molar-refractivity contribution in [3.05, 3.63) is 58.1 Å². The number of nitrogens with zero attached hydrogens (tertiary/aromatic N) is 2. The van der Waals surface area contributed by atoms with Gasteiger partial charge in [0.05, 0.1) is 12.8 Å². The van der Waals surface area contributed by atoms with Crippen molar-refractivity contribution >= 4 is 29.3 Å². The molecule has 0 unspecified atom stereocenters. The second kappa shape index (κ2) is 9.28. The third-order valence-electron chi connectivity index (χ3n) is 3.59. The number of methoxy groups -OCH3 is 1. The Morgan fingerprint density at radius 3 is 2.56 bits per heavy atom. The van der Waals surface area contributed by atoms with E-state index in [9.17, 15) is 10.1 Å². The summed E-state index contributed by atoms with van der Waals surface area (Å²) in [5, 5.41) is 21.0. The van der Waals surface area contributed by atoms with E-state index >= 15 is 0 Å². The Labute approximate surface area is 162 Å². The van der Waals surface area contributed by atoms with Crippen LogP contribution in [0.2, 0.25) is 5.02 Å². The first-order valence-electron chi connectivity index (χ1n) is 7.85. The van der Waals surface area contributed by atoms with Crippen LogP contribution >= 0.6 is 11.6 Å². The molecule has 1 N–H and O–H groups in total. The SMILES string of the molecule is COc1cc(Cl)c(C)cc1NC(=O)/C(C#N)=C/c1ccc(OCC#N)cc1. The minimum Gasteiger partial charge on any atom is -0.495 e. The number of nitrogens with one attached hydrogen (secondary N) is 1. The van der Waals surface area contributed by atoms with Crippen molar-refractivity contribution in [1.29, 1.82) is 10.5 Å². The lowest BCUT2D eigenvalue weighted by Crippen LogP contribution is -2.14. The summed E-state index contributed by atoms with van der Waals surface area (Å²) < 4.78 is 10.4. The van der Waals surface area contributed by atoms with Crippen molar-refractivity contribution in [1.82, 2.24) is 0 Å². The maximum atomic E-state index is 12.5. The highest BCUT2D eigenvalue weighted by atomic mass is 35.5. The molecular weight excluding hydrogens is 366 g/mol. The number of nitriles is 2. The van der Waals surface area contributed by atoms with Crippen molar-refractivity contribution in [3.8, 4) is 23.6 Å². The van der Waals surface area contributed by atoms with Gasteiger partial charge < -0.3 is 14.8 Å². The molecule has 27 heavy (non-hydrogen) atoms. The maximum Gasteiger partial charge on any atom is 0.266 e. The van der Waals surface area contributed by atoms with Crippen LogP contribution in [0.15, 0.2) is 42.0 Å². The molecule has 7 heteroatoms. The van der Waals surface area contributed by atoms with Crippen LogP contribution in [0.3, 0.4) is 0 Å². The minimum absolute atomic E-state index is 0.0522. The van der Waals surface area contributed by atoms with Crippen molar-refractivity contribution in [2.75, 3.05) is 19.0 Å². The zero-order valence-electron chi connectivity index (χ0n) is 14.7. The van der Waals surface area contributed by atoms with Crippen LogP contribution in [0.5, 0.6) is 11.5 Å². The molecule has 0 atom stereocenters. The molecule has 0 heterocycles. The predicted molar refractivity (Wildman–Crippen MR) is 103 cm³/mol. The van der Waals surface area contributed by atoms with E-state index in [1.807, 2.05) is 12.1 Å². The molecule has 0 aliphatic carbocycles. The largest absolute Gasteiger partial charge is 0.495 e. The molecular formula is C20H16ClN3O3. The van der Waals surface area contributed by atoms with Gasteiger partial charge in [0.25, 0.3) is 5.91 Å². The Morgan fingerprint density at radius 2 is 1.96 bits per heavy atom. The van der Waals surface area contributed by atoms with Gasteiger partial charge in [-0.25, -0.2) is 0 Å². The van der Waals surface area contributed by atoms with E-state index in [0.717, 1.165) is 5.56 Å². The highest BCUT2D eigenvalue weighted by molar-refractivity contribution is 6.31. The number of hydrogen-bond acceptors (Lipinski definition) is 5. The zero-order valence-corrected chi connectivity index (χ0v) is 15.5.